The van der Waals surface area contributed by atoms with Gasteiger partial charge in [-0.2, -0.15) is 5.10 Å². The van der Waals surface area contributed by atoms with Crippen molar-refractivity contribution in [2.75, 3.05) is 6.54 Å². The highest BCUT2D eigenvalue weighted by Crippen LogP contribution is 2.11. The van der Waals surface area contributed by atoms with Gasteiger partial charge in [0.25, 0.3) is 11.5 Å². The van der Waals surface area contributed by atoms with Gasteiger partial charge in [-0.1, -0.05) is 23.7 Å². The molecule has 1 aromatic heterocycles. The second kappa shape index (κ2) is 6.86. The SMILES string of the molecule is O=C(NCCCc1cccc(Cl)c1)c1ccc(=O)[nH]n1. The summed E-state index contributed by atoms with van der Waals surface area (Å²) in [6.45, 7) is 0.534. The van der Waals surface area contributed by atoms with Crippen LogP contribution in [0.25, 0.3) is 0 Å². The number of carbonyl (C=O) groups excluding carboxylic acids is 1. The van der Waals surface area contributed by atoms with E-state index in [-0.39, 0.29) is 17.2 Å². The van der Waals surface area contributed by atoms with Crippen molar-refractivity contribution in [2.45, 2.75) is 12.8 Å². The molecule has 2 N–H and O–H groups in total. The highest BCUT2D eigenvalue weighted by Gasteiger charge is 2.06. The third kappa shape index (κ3) is 4.20. The molecule has 0 saturated heterocycles. The van der Waals surface area contributed by atoms with Crippen LogP contribution in [0.2, 0.25) is 5.02 Å². The summed E-state index contributed by atoms with van der Waals surface area (Å²) in [5, 5.41) is 9.34. The molecule has 0 aliphatic rings. The van der Waals surface area contributed by atoms with Crippen molar-refractivity contribution in [3.8, 4) is 0 Å². The molecule has 0 fully saturated rings. The third-order valence-electron chi connectivity index (χ3n) is 2.73. The first-order valence-electron chi connectivity index (χ1n) is 6.23. The smallest absolute Gasteiger partial charge is 0.271 e. The Kier molecular flexibility index (Phi) is 4.90. The predicted molar refractivity (Wildman–Crippen MR) is 77.0 cm³/mol. The molecule has 1 amide bonds. The van der Waals surface area contributed by atoms with Crippen molar-refractivity contribution >= 4 is 17.5 Å². The summed E-state index contributed by atoms with van der Waals surface area (Å²) in [5.41, 5.74) is 1.00. The van der Waals surface area contributed by atoms with Crippen LogP contribution in [-0.4, -0.2) is 22.6 Å². The molecule has 1 heterocycles. The predicted octanol–water partition coefficient (Wildman–Crippen LogP) is 1.79. The number of benzene rings is 1. The Hall–Kier alpha value is -2.14. The molecule has 0 radical (unpaired) electrons. The van der Waals surface area contributed by atoms with Crippen LogP contribution in [-0.2, 0) is 6.42 Å². The number of amides is 1. The lowest BCUT2D eigenvalue weighted by Gasteiger charge is -2.04. The zero-order valence-corrected chi connectivity index (χ0v) is 11.5. The van der Waals surface area contributed by atoms with Gasteiger partial charge >= 0.3 is 0 Å². The number of aromatic amines is 1. The van der Waals surface area contributed by atoms with Crippen LogP contribution in [0.5, 0.6) is 0 Å². The Bertz CT molecular complexity index is 634. The van der Waals surface area contributed by atoms with E-state index in [9.17, 15) is 9.59 Å². The van der Waals surface area contributed by atoms with Crippen molar-refractivity contribution in [1.29, 1.82) is 0 Å². The zero-order chi connectivity index (χ0) is 14.4. The number of hydrogen-bond acceptors (Lipinski definition) is 3. The first-order valence-corrected chi connectivity index (χ1v) is 6.61. The standard InChI is InChI=1S/C14H14ClN3O2/c15-11-5-1-3-10(9-11)4-2-8-16-14(20)12-6-7-13(19)18-17-12/h1,3,5-7,9H,2,4,8H2,(H,16,20)(H,18,19). The van der Waals surface area contributed by atoms with Gasteiger partial charge in [0.15, 0.2) is 0 Å². The molecule has 0 aliphatic carbocycles. The molecular weight excluding hydrogens is 278 g/mol. The number of H-pyrrole nitrogens is 1. The topological polar surface area (TPSA) is 74.8 Å². The number of nitrogens with zero attached hydrogens (tertiary/aromatic N) is 1. The second-order valence-electron chi connectivity index (χ2n) is 4.30. The summed E-state index contributed by atoms with van der Waals surface area (Å²) in [6, 6.07) is 10.3. The van der Waals surface area contributed by atoms with E-state index in [1.54, 1.807) is 0 Å². The Labute approximate surface area is 121 Å². The van der Waals surface area contributed by atoms with Gasteiger partial charge in [-0.3, -0.25) is 9.59 Å². The summed E-state index contributed by atoms with van der Waals surface area (Å²) >= 11 is 5.89. The molecule has 0 aliphatic heterocycles. The van der Waals surface area contributed by atoms with Crippen molar-refractivity contribution in [3.05, 3.63) is 63.0 Å². The van der Waals surface area contributed by atoms with E-state index in [1.165, 1.54) is 12.1 Å². The average Bonchev–Trinajstić information content (AvgIpc) is 2.44. The maximum atomic E-state index is 11.7. The van der Waals surface area contributed by atoms with Gasteiger partial charge in [-0.05, 0) is 36.6 Å². The first kappa shape index (κ1) is 14.3. The van der Waals surface area contributed by atoms with Gasteiger partial charge in [0.1, 0.15) is 5.69 Å². The monoisotopic (exact) mass is 291 g/mol. The van der Waals surface area contributed by atoms with E-state index in [1.807, 2.05) is 24.3 Å². The molecule has 20 heavy (non-hydrogen) atoms. The maximum Gasteiger partial charge on any atom is 0.271 e. The molecule has 0 atom stereocenters. The molecule has 2 rings (SSSR count). The number of nitrogens with one attached hydrogen (secondary N) is 2. The molecule has 6 heteroatoms. The highest BCUT2D eigenvalue weighted by molar-refractivity contribution is 6.30. The largest absolute Gasteiger partial charge is 0.351 e. The van der Waals surface area contributed by atoms with Crippen LogP contribution in [0.4, 0.5) is 0 Å². The Morgan fingerprint density at radius 3 is 2.85 bits per heavy atom. The van der Waals surface area contributed by atoms with Gasteiger partial charge in [0, 0.05) is 17.6 Å². The van der Waals surface area contributed by atoms with E-state index in [2.05, 4.69) is 15.5 Å². The van der Waals surface area contributed by atoms with Crippen LogP contribution in [0.1, 0.15) is 22.5 Å². The number of halogens is 1. The molecule has 0 spiro atoms. The van der Waals surface area contributed by atoms with Crippen molar-refractivity contribution in [1.82, 2.24) is 15.5 Å². The number of aromatic nitrogens is 2. The molecule has 2 aromatic rings. The van der Waals surface area contributed by atoms with Crippen LogP contribution in [0.15, 0.2) is 41.2 Å². The first-order chi connectivity index (χ1) is 9.65. The minimum atomic E-state index is -0.331. The maximum absolute atomic E-state index is 11.7. The van der Waals surface area contributed by atoms with Gasteiger partial charge in [-0.25, -0.2) is 5.10 Å². The van der Waals surface area contributed by atoms with E-state index < -0.39 is 0 Å². The van der Waals surface area contributed by atoms with Crippen molar-refractivity contribution in [3.63, 3.8) is 0 Å². The summed E-state index contributed by atoms with van der Waals surface area (Å²) in [4.78, 5) is 22.5. The van der Waals surface area contributed by atoms with Crippen LogP contribution >= 0.6 is 11.6 Å². The third-order valence-corrected chi connectivity index (χ3v) is 2.96. The van der Waals surface area contributed by atoms with Crippen LogP contribution in [0, 0.1) is 0 Å². The second-order valence-corrected chi connectivity index (χ2v) is 4.73. The number of carbonyl (C=O) groups is 1. The summed E-state index contributed by atoms with van der Waals surface area (Å²) in [6.07, 6.45) is 1.63. The van der Waals surface area contributed by atoms with Crippen LogP contribution < -0.4 is 10.9 Å². The normalized spacial score (nSPS) is 10.2. The highest BCUT2D eigenvalue weighted by atomic mass is 35.5. The summed E-state index contributed by atoms with van der Waals surface area (Å²) < 4.78 is 0. The lowest BCUT2D eigenvalue weighted by molar-refractivity contribution is 0.0947. The lowest BCUT2D eigenvalue weighted by atomic mass is 10.1. The summed E-state index contributed by atoms with van der Waals surface area (Å²) in [5.74, 6) is -0.299. The van der Waals surface area contributed by atoms with Crippen LogP contribution in [0.3, 0.4) is 0 Å². The van der Waals surface area contributed by atoms with E-state index in [0.29, 0.717) is 11.6 Å². The fraction of sp³-hybridized carbons (Fsp3) is 0.214. The van der Waals surface area contributed by atoms with Crippen molar-refractivity contribution in [2.24, 2.45) is 0 Å². The minimum Gasteiger partial charge on any atom is -0.351 e. The number of aryl methyl sites for hydroxylation is 1. The fourth-order valence-electron chi connectivity index (χ4n) is 1.75. The zero-order valence-electron chi connectivity index (χ0n) is 10.7. The Balaban J connectivity index is 1.77. The molecule has 104 valence electrons. The van der Waals surface area contributed by atoms with E-state index in [4.69, 9.17) is 11.6 Å². The van der Waals surface area contributed by atoms with Gasteiger partial charge in [-0.15, -0.1) is 0 Å². The van der Waals surface area contributed by atoms with E-state index in [0.717, 1.165) is 18.4 Å². The average molecular weight is 292 g/mol. The lowest BCUT2D eigenvalue weighted by Crippen LogP contribution is -2.26. The quantitative estimate of drug-likeness (QED) is 0.825. The molecular formula is C14H14ClN3O2. The van der Waals surface area contributed by atoms with Gasteiger partial charge in [0.05, 0.1) is 0 Å². The van der Waals surface area contributed by atoms with Crippen molar-refractivity contribution < 1.29 is 4.79 Å². The fourth-order valence-corrected chi connectivity index (χ4v) is 1.96. The van der Waals surface area contributed by atoms with Gasteiger partial charge in [0.2, 0.25) is 0 Å². The van der Waals surface area contributed by atoms with E-state index >= 15 is 0 Å². The Morgan fingerprint density at radius 2 is 2.15 bits per heavy atom. The van der Waals surface area contributed by atoms with Gasteiger partial charge < -0.3 is 5.32 Å². The molecule has 1 aromatic carbocycles. The molecule has 0 unspecified atom stereocenters. The molecule has 5 nitrogen and oxygen atoms in total. The molecule has 0 bridgehead atoms. The number of hydrogen-bond donors (Lipinski definition) is 2. The molecule has 0 saturated carbocycles. The number of rotatable bonds is 5. The summed E-state index contributed by atoms with van der Waals surface area (Å²) in [7, 11) is 0. The minimum absolute atomic E-state index is 0.201. The Morgan fingerprint density at radius 1 is 1.30 bits per heavy atom.